The normalized spacial score (nSPS) is 27.0. The van der Waals surface area contributed by atoms with Gasteiger partial charge in [0.1, 0.15) is 11.0 Å². The van der Waals surface area contributed by atoms with E-state index in [1.54, 1.807) is 0 Å². The van der Waals surface area contributed by atoms with Crippen molar-refractivity contribution in [3.63, 3.8) is 0 Å². The lowest BCUT2D eigenvalue weighted by molar-refractivity contribution is 0.242. The van der Waals surface area contributed by atoms with E-state index in [2.05, 4.69) is 31.5 Å². The fourth-order valence-electron chi connectivity index (χ4n) is 3.63. The minimum absolute atomic E-state index is 0.143. The minimum Gasteiger partial charge on any atom is -0.306 e. The highest BCUT2D eigenvalue weighted by Gasteiger charge is 2.47. The molecule has 0 saturated carbocycles. The highest BCUT2D eigenvalue weighted by atomic mass is 32.2. The second-order valence-electron chi connectivity index (χ2n) is 6.53. The van der Waals surface area contributed by atoms with Crippen molar-refractivity contribution in [2.45, 2.75) is 43.8 Å². The summed E-state index contributed by atoms with van der Waals surface area (Å²) in [6.45, 7) is 8.88. The smallest absolute Gasteiger partial charge is 0.105 e. The summed E-state index contributed by atoms with van der Waals surface area (Å²) in [4.78, 5) is 2.35. The van der Waals surface area contributed by atoms with Crippen LogP contribution in [-0.4, -0.2) is 51.9 Å². The maximum atomic E-state index is 13.1. The molecule has 1 saturated heterocycles. The van der Waals surface area contributed by atoms with E-state index in [4.69, 9.17) is 0 Å². The molecule has 4 heteroatoms. The second-order valence-corrected chi connectivity index (χ2v) is 8.44. The average molecular weight is 323 g/mol. The summed E-state index contributed by atoms with van der Waals surface area (Å²) < 4.78 is 15.0. The molecule has 0 amide bonds. The van der Waals surface area contributed by atoms with Crippen molar-refractivity contribution in [1.29, 1.82) is 0 Å². The van der Waals surface area contributed by atoms with Gasteiger partial charge in [0.05, 0.1) is 4.75 Å². The Morgan fingerprint density at radius 1 is 1.32 bits per heavy atom. The molecule has 2 heterocycles. The lowest BCUT2D eigenvalue weighted by atomic mass is 9.82. The zero-order valence-corrected chi connectivity index (χ0v) is 15.1. The summed E-state index contributed by atoms with van der Waals surface area (Å²) >= 11 is 0. The minimum atomic E-state index is -0.916. The molecule has 0 aliphatic carbocycles. The van der Waals surface area contributed by atoms with Crippen LogP contribution in [0.4, 0.5) is 0 Å². The summed E-state index contributed by atoms with van der Waals surface area (Å²) in [6.07, 6.45) is 11.5. The van der Waals surface area contributed by atoms with E-state index in [1.807, 2.05) is 23.5 Å². The highest BCUT2D eigenvalue weighted by Crippen LogP contribution is 2.43. The van der Waals surface area contributed by atoms with Gasteiger partial charge in [-0.15, -0.1) is 0 Å². The van der Waals surface area contributed by atoms with Crippen LogP contribution in [0.25, 0.3) is 0 Å². The monoisotopic (exact) mass is 322 g/mol. The first-order valence-corrected chi connectivity index (χ1v) is 9.49. The van der Waals surface area contributed by atoms with E-state index in [-0.39, 0.29) is 4.75 Å². The Morgan fingerprint density at radius 2 is 2.00 bits per heavy atom. The summed E-state index contributed by atoms with van der Waals surface area (Å²) in [6, 6.07) is 0. The van der Waals surface area contributed by atoms with Gasteiger partial charge in [0.15, 0.2) is 0 Å². The topological polar surface area (TPSA) is 23.6 Å². The number of hydrogen-bond acceptors (Lipinski definition) is 2. The zero-order valence-electron chi connectivity index (χ0n) is 14.3. The van der Waals surface area contributed by atoms with E-state index < -0.39 is 11.0 Å². The third-order valence-electron chi connectivity index (χ3n) is 4.96. The van der Waals surface area contributed by atoms with Gasteiger partial charge in [0.25, 0.3) is 0 Å². The molecule has 0 bridgehead atoms. The summed E-state index contributed by atoms with van der Waals surface area (Å²) in [5.41, 5.74) is 2.82. The number of piperidine rings is 1. The predicted octanol–water partition coefficient (Wildman–Crippen LogP) is 3.29. The third-order valence-corrected chi connectivity index (χ3v) is 6.97. The van der Waals surface area contributed by atoms with Crippen LogP contribution in [0.1, 0.15) is 39.0 Å². The average Bonchev–Trinajstić information content (AvgIpc) is 2.52. The van der Waals surface area contributed by atoms with E-state index in [0.29, 0.717) is 0 Å². The van der Waals surface area contributed by atoms with Crippen LogP contribution in [0.3, 0.4) is 0 Å². The van der Waals surface area contributed by atoms with Crippen molar-refractivity contribution >= 4 is 11.0 Å². The molecule has 3 nitrogen and oxygen atoms in total. The Hall–Kier alpha value is -0.710. The van der Waals surface area contributed by atoms with Gasteiger partial charge >= 0.3 is 0 Å². The molecule has 2 rings (SSSR count). The molecule has 0 aromatic heterocycles. The molecule has 0 aromatic rings. The molecular formula is C18H30N2OS. The molecule has 1 atom stereocenters. The van der Waals surface area contributed by atoms with Gasteiger partial charge in [-0.2, -0.15) is 0 Å². The van der Waals surface area contributed by atoms with Crippen LogP contribution in [0.5, 0.6) is 0 Å². The summed E-state index contributed by atoms with van der Waals surface area (Å²) in [5, 5.41) is 0. The van der Waals surface area contributed by atoms with Crippen molar-refractivity contribution in [3.05, 3.63) is 36.0 Å². The van der Waals surface area contributed by atoms with Crippen molar-refractivity contribution in [2.24, 2.45) is 0 Å². The molecule has 0 N–H and O–H groups in total. The van der Waals surface area contributed by atoms with Gasteiger partial charge in [-0.3, -0.25) is 0 Å². The predicted molar refractivity (Wildman–Crippen MR) is 96.1 cm³/mol. The molecule has 124 valence electrons. The first-order chi connectivity index (χ1) is 10.5. The standard InChI is InChI=1S/C18H30N2OS/c1-5-7-9-16-15-20(4)22(21)18(17(16)10-8-6-2)11-13-19(3)14-12-18/h5,7,9H,1,6,8,10-15H2,2-4H3/b9-7-. The number of rotatable bonds is 5. The van der Waals surface area contributed by atoms with Crippen molar-refractivity contribution < 1.29 is 4.21 Å². The lowest BCUT2D eigenvalue weighted by Crippen LogP contribution is -2.54. The Morgan fingerprint density at radius 3 is 2.59 bits per heavy atom. The number of nitrogens with zero attached hydrogens (tertiary/aromatic N) is 2. The van der Waals surface area contributed by atoms with Gasteiger partial charge in [0, 0.05) is 13.6 Å². The van der Waals surface area contributed by atoms with Crippen LogP contribution in [-0.2, 0) is 11.0 Å². The number of likely N-dealkylation sites (N-methyl/N-ethyl adjacent to an activating group) is 1. The molecule has 2 aliphatic rings. The Bertz CT molecular complexity index is 487. The second kappa shape index (κ2) is 7.71. The molecule has 0 radical (unpaired) electrons. The largest absolute Gasteiger partial charge is 0.306 e. The fraction of sp³-hybridized carbons (Fsp3) is 0.667. The molecule has 22 heavy (non-hydrogen) atoms. The van der Waals surface area contributed by atoms with Crippen LogP contribution in [0.2, 0.25) is 0 Å². The molecule has 2 aliphatic heterocycles. The molecule has 1 unspecified atom stereocenters. The van der Waals surface area contributed by atoms with E-state index >= 15 is 0 Å². The van der Waals surface area contributed by atoms with Crippen LogP contribution in [0, 0.1) is 0 Å². The van der Waals surface area contributed by atoms with Gasteiger partial charge < -0.3 is 4.90 Å². The van der Waals surface area contributed by atoms with Crippen LogP contribution in [0.15, 0.2) is 36.0 Å². The van der Waals surface area contributed by atoms with E-state index in [1.165, 1.54) is 24.0 Å². The number of allylic oxidation sites excluding steroid dienone is 2. The van der Waals surface area contributed by atoms with Gasteiger partial charge in [-0.05, 0) is 57.0 Å². The van der Waals surface area contributed by atoms with Gasteiger partial charge in [-0.1, -0.05) is 38.2 Å². The maximum absolute atomic E-state index is 13.1. The Labute approximate surface area is 138 Å². The number of hydrogen-bond donors (Lipinski definition) is 0. The third kappa shape index (κ3) is 3.44. The zero-order chi connectivity index (χ0) is 16.2. The molecular weight excluding hydrogens is 292 g/mol. The quantitative estimate of drug-likeness (QED) is 0.725. The number of likely N-dealkylation sites (tertiary alicyclic amines) is 1. The molecule has 0 aromatic carbocycles. The summed E-state index contributed by atoms with van der Waals surface area (Å²) in [7, 11) is 3.24. The van der Waals surface area contributed by atoms with Gasteiger partial charge in [-0.25, -0.2) is 8.51 Å². The Kier molecular flexibility index (Phi) is 6.18. The first-order valence-electron chi connectivity index (χ1n) is 8.38. The maximum Gasteiger partial charge on any atom is 0.105 e. The van der Waals surface area contributed by atoms with E-state index in [0.717, 1.165) is 38.9 Å². The Balaban J connectivity index is 2.45. The molecule has 1 spiro atoms. The van der Waals surface area contributed by atoms with Crippen LogP contribution >= 0.6 is 0 Å². The first kappa shape index (κ1) is 17.6. The van der Waals surface area contributed by atoms with Gasteiger partial charge in [0.2, 0.25) is 0 Å². The van der Waals surface area contributed by atoms with Crippen LogP contribution < -0.4 is 0 Å². The SMILES string of the molecule is C=C/C=C\C1=C(CCCC)C2(CCN(C)CC2)S(=O)N(C)C1. The van der Waals surface area contributed by atoms with E-state index in [9.17, 15) is 4.21 Å². The molecule has 1 fully saturated rings. The van der Waals surface area contributed by atoms with Crippen molar-refractivity contribution in [3.8, 4) is 0 Å². The highest BCUT2D eigenvalue weighted by molar-refractivity contribution is 7.84. The van der Waals surface area contributed by atoms with Crippen molar-refractivity contribution in [2.75, 3.05) is 33.7 Å². The lowest BCUT2D eigenvalue weighted by Gasteiger charge is -2.47. The summed E-state index contributed by atoms with van der Waals surface area (Å²) in [5.74, 6) is 0. The number of unbranched alkanes of at least 4 members (excludes halogenated alkanes) is 1. The fourth-order valence-corrected chi connectivity index (χ4v) is 5.45. The van der Waals surface area contributed by atoms with Crippen molar-refractivity contribution in [1.82, 2.24) is 9.21 Å².